The lowest BCUT2D eigenvalue weighted by atomic mass is 10.2. The maximum atomic E-state index is 11.3. The van der Waals surface area contributed by atoms with Gasteiger partial charge in [-0.05, 0) is 24.6 Å². The summed E-state index contributed by atoms with van der Waals surface area (Å²) in [7, 11) is 3.98. The summed E-state index contributed by atoms with van der Waals surface area (Å²) >= 11 is 0. The maximum absolute atomic E-state index is 11.3. The van der Waals surface area contributed by atoms with Crippen LogP contribution in [0.2, 0.25) is 0 Å². The molecular formula is C14H17N5O. The number of hydrogen-bond acceptors (Lipinski definition) is 5. The van der Waals surface area contributed by atoms with Crippen molar-refractivity contribution in [2.45, 2.75) is 6.92 Å². The number of hydrogen-bond donors (Lipinski definition) is 2. The van der Waals surface area contributed by atoms with Crippen LogP contribution < -0.4 is 15.9 Å². The molecule has 0 spiro atoms. The molecule has 0 bridgehead atoms. The number of aromatic nitrogens is 2. The Labute approximate surface area is 117 Å². The summed E-state index contributed by atoms with van der Waals surface area (Å²) in [6.07, 6.45) is 1.67. The van der Waals surface area contributed by atoms with Gasteiger partial charge in [0.15, 0.2) is 0 Å². The number of benzene rings is 1. The Morgan fingerprint density at radius 3 is 2.60 bits per heavy atom. The Morgan fingerprint density at radius 1 is 1.30 bits per heavy atom. The van der Waals surface area contributed by atoms with E-state index in [1.54, 1.807) is 13.1 Å². The van der Waals surface area contributed by atoms with E-state index in [0.29, 0.717) is 11.6 Å². The predicted octanol–water partition coefficient (Wildman–Crippen LogP) is 1.59. The number of nitrogens with zero attached hydrogens (tertiary/aromatic N) is 3. The van der Waals surface area contributed by atoms with Crippen molar-refractivity contribution in [3.63, 3.8) is 0 Å². The van der Waals surface area contributed by atoms with Gasteiger partial charge in [-0.3, -0.25) is 9.78 Å². The minimum Gasteiger partial charge on any atom is -0.378 e. The number of H-pyrrole nitrogens is 1. The zero-order chi connectivity index (χ0) is 14.5. The molecule has 0 fully saturated rings. The van der Waals surface area contributed by atoms with Crippen LogP contribution >= 0.6 is 0 Å². The fraction of sp³-hybridized carbons (Fsp3) is 0.214. The molecule has 6 heteroatoms. The third-order valence-corrected chi connectivity index (χ3v) is 2.66. The Balaban J connectivity index is 2.04. The monoisotopic (exact) mass is 271 g/mol. The van der Waals surface area contributed by atoms with Crippen LogP contribution in [0.3, 0.4) is 0 Å². The van der Waals surface area contributed by atoms with Crippen molar-refractivity contribution in [2.24, 2.45) is 5.10 Å². The van der Waals surface area contributed by atoms with Crippen molar-refractivity contribution < 1.29 is 0 Å². The summed E-state index contributed by atoms with van der Waals surface area (Å²) < 4.78 is 0. The second-order valence-electron chi connectivity index (χ2n) is 4.59. The van der Waals surface area contributed by atoms with Crippen LogP contribution in [0.5, 0.6) is 0 Å². The molecule has 0 atom stereocenters. The molecule has 2 N–H and O–H groups in total. The first-order chi connectivity index (χ1) is 9.54. The molecule has 104 valence electrons. The fourth-order valence-corrected chi connectivity index (χ4v) is 1.66. The van der Waals surface area contributed by atoms with E-state index in [4.69, 9.17) is 0 Å². The van der Waals surface area contributed by atoms with Gasteiger partial charge in [0.2, 0.25) is 5.95 Å². The number of hydrazone groups is 1. The van der Waals surface area contributed by atoms with Crippen molar-refractivity contribution in [3.05, 3.63) is 51.9 Å². The molecule has 6 nitrogen and oxygen atoms in total. The van der Waals surface area contributed by atoms with Gasteiger partial charge in [0.1, 0.15) is 0 Å². The van der Waals surface area contributed by atoms with Crippen LogP contribution in [0.15, 0.2) is 40.2 Å². The van der Waals surface area contributed by atoms with E-state index in [2.05, 4.69) is 20.5 Å². The third kappa shape index (κ3) is 3.68. The van der Waals surface area contributed by atoms with Crippen LogP contribution in [-0.4, -0.2) is 30.3 Å². The quantitative estimate of drug-likeness (QED) is 0.654. The SMILES string of the molecule is Cc1cc(=O)[nH]c(N/N=C\c2ccc(N(C)C)cc2)n1. The lowest BCUT2D eigenvalue weighted by molar-refractivity contribution is 1.04. The van der Waals surface area contributed by atoms with E-state index in [1.165, 1.54) is 6.07 Å². The number of rotatable bonds is 4. The standard InChI is InChI=1S/C14H17N5O/c1-10-8-13(20)17-14(16-10)18-15-9-11-4-6-12(7-5-11)19(2)3/h4-9H,1-3H3,(H2,16,17,18,20)/b15-9-. The van der Waals surface area contributed by atoms with Crippen LogP contribution in [0.25, 0.3) is 0 Å². The lowest BCUT2D eigenvalue weighted by Gasteiger charge is -2.11. The highest BCUT2D eigenvalue weighted by molar-refractivity contribution is 5.80. The summed E-state index contributed by atoms with van der Waals surface area (Å²) in [5.41, 5.74) is 5.22. The molecule has 0 unspecified atom stereocenters. The second kappa shape index (κ2) is 6.01. The van der Waals surface area contributed by atoms with Crippen molar-refractivity contribution in [3.8, 4) is 0 Å². The van der Waals surface area contributed by atoms with E-state index < -0.39 is 0 Å². The summed E-state index contributed by atoms with van der Waals surface area (Å²) in [6, 6.07) is 9.37. The maximum Gasteiger partial charge on any atom is 0.252 e. The van der Waals surface area contributed by atoms with Crippen molar-refractivity contribution in [2.75, 3.05) is 24.4 Å². The molecule has 0 amide bonds. The van der Waals surface area contributed by atoms with E-state index in [0.717, 1.165) is 11.3 Å². The van der Waals surface area contributed by atoms with Gasteiger partial charge in [0.25, 0.3) is 5.56 Å². The second-order valence-corrected chi connectivity index (χ2v) is 4.59. The average Bonchev–Trinajstić information content (AvgIpc) is 2.38. The normalized spacial score (nSPS) is 10.8. The van der Waals surface area contributed by atoms with Crippen molar-refractivity contribution in [1.82, 2.24) is 9.97 Å². The van der Waals surface area contributed by atoms with Gasteiger partial charge in [-0.2, -0.15) is 5.10 Å². The molecule has 2 aromatic rings. The number of aryl methyl sites for hydroxylation is 1. The summed E-state index contributed by atoms with van der Waals surface area (Å²) in [4.78, 5) is 20.0. The molecule has 1 aromatic heterocycles. The van der Waals surface area contributed by atoms with Gasteiger partial charge in [-0.25, -0.2) is 10.4 Å². The number of aromatic amines is 1. The summed E-state index contributed by atoms with van der Waals surface area (Å²) in [5, 5.41) is 4.05. The Morgan fingerprint density at radius 2 is 2.00 bits per heavy atom. The molecule has 1 aromatic carbocycles. The Kier molecular flexibility index (Phi) is 4.14. The molecule has 0 aliphatic rings. The predicted molar refractivity (Wildman–Crippen MR) is 81.6 cm³/mol. The first-order valence-electron chi connectivity index (χ1n) is 6.19. The zero-order valence-electron chi connectivity index (χ0n) is 11.7. The van der Waals surface area contributed by atoms with Crippen LogP contribution in [0, 0.1) is 6.92 Å². The van der Waals surface area contributed by atoms with Crippen molar-refractivity contribution >= 4 is 17.9 Å². The van der Waals surface area contributed by atoms with Gasteiger partial charge in [0, 0.05) is 31.5 Å². The van der Waals surface area contributed by atoms with Gasteiger partial charge < -0.3 is 4.90 Å². The van der Waals surface area contributed by atoms with Crippen molar-refractivity contribution in [1.29, 1.82) is 0 Å². The average molecular weight is 271 g/mol. The Bertz CT molecular complexity index is 658. The summed E-state index contributed by atoms with van der Waals surface area (Å²) in [6.45, 7) is 1.75. The van der Waals surface area contributed by atoms with E-state index in [1.807, 2.05) is 43.3 Å². The molecule has 0 saturated heterocycles. The van der Waals surface area contributed by atoms with Gasteiger partial charge in [-0.15, -0.1) is 0 Å². The highest BCUT2D eigenvalue weighted by atomic mass is 16.1. The molecular weight excluding hydrogens is 254 g/mol. The zero-order valence-corrected chi connectivity index (χ0v) is 11.7. The summed E-state index contributed by atoms with van der Waals surface area (Å²) in [5.74, 6) is 0.330. The third-order valence-electron chi connectivity index (χ3n) is 2.66. The highest BCUT2D eigenvalue weighted by Crippen LogP contribution is 2.10. The minimum absolute atomic E-state index is 0.203. The number of anilines is 2. The first kappa shape index (κ1) is 13.8. The number of nitrogens with one attached hydrogen (secondary N) is 2. The molecule has 1 heterocycles. The van der Waals surface area contributed by atoms with E-state index in [-0.39, 0.29) is 5.56 Å². The van der Waals surface area contributed by atoms with Gasteiger partial charge >= 0.3 is 0 Å². The van der Waals surface area contributed by atoms with Crippen LogP contribution in [0.4, 0.5) is 11.6 Å². The molecule has 0 aliphatic heterocycles. The van der Waals surface area contributed by atoms with Gasteiger partial charge in [-0.1, -0.05) is 12.1 Å². The lowest BCUT2D eigenvalue weighted by Crippen LogP contribution is -2.10. The van der Waals surface area contributed by atoms with E-state index >= 15 is 0 Å². The molecule has 0 saturated carbocycles. The smallest absolute Gasteiger partial charge is 0.252 e. The highest BCUT2D eigenvalue weighted by Gasteiger charge is 1.96. The van der Waals surface area contributed by atoms with Crippen LogP contribution in [0.1, 0.15) is 11.3 Å². The molecule has 20 heavy (non-hydrogen) atoms. The largest absolute Gasteiger partial charge is 0.378 e. The topological polar surface area (TPSA) is 73.4 Å². The fourth-order valence-electron chi connectivity index (χ4n) is 1.66. The molecule has 0 radical (unpaired) electrons. The van der Waals surface area contributed by atoms with E-state index in [9.17, 15) is 4.79 Å². The van der Waals surface area contributed by atoms with Gasteiger partial charge in [0.05, 0.1) is 6.21 Å². The minimum atomic E-state index is -0.203. The molecule has 2 rings (SSSR count). The Hall–Kier alpha value is -2.63. The van der Waals surface area contributed by atoms with Crippen LogP contribution in [-0.2, 0) is 0 Å². The molecule has 0 aliphatic carbocycles. The first-order valence-corrected chi connectivity index (χ1v) is 6.19.